The Morgan fingerprint density at radius 2 is 1.26 bits per heavy atom. The third-order valence-electron chi connectivity index (χ3n) is 7.85. The number of esters is 2. The summed E-state index contributed by atoms with van der Waals surface area (Å²) in [6.45, 7) is 3.35. The Labute approximate surface area is 326 Å². The van der Waals surface area contributed by atoms with Crippen LogP contribution < -0.4 is 5.73 Å². The summed E-state index contributed by atoms with van der Waals surface area (Å²) >= 11 is 0. The molecule has 54 heavy (non-hydrogen) atoms. The van der Waals surface area contributed by atoms with Crippen LogP contribution >= 0.6 is 7.82 Å². The lowest BCUT2D eigenvalue weighted by Crippen LogP contribution is -2.29. The summed E-state index contributed by atoms with van der Waals surface area (Å²) in [5.74, 6) is -0.959. The van der Waals surface area contributed by atoms with Crippen LogP contribution in [0.3, 0.4) is 0 Å². The van der Waals surface area contributed by atoms with Crippen LogP contribution in [0.25, 0.3) is 0 Å². The van der Waals surface area contributed by atoms with Crippen molar-refractivity contribution in [3.05, 3.63) is 85.1 Å². The fraction of sp³-hybridized carbons (Fsp3) is 0.628. The average Bonchev–Trinajstić information content (AvgIpc) is 3.15. The van der Waals surface area contributed by atoms with Gasteiger partial charge in [0.15, 0.2) is 6.10 Å². The van der Waals surface area contributed by atoms with Crippen molar-refractivity contribution in [2.75, 3.05) is 26.4 Å². The zero-order chi connectivity index (χ0) is 39.8. The molecule has 0 aromatic rings. The topological polar surface area (TPSA) is 155 Å². The Hall–Kier alpha value is -2.85. The van der Waals surface area contributed by atoms with Gasteiger partial charge < -0.3 is 25.2 Å². The largest absolute Gasteiger partial charge is 0.472 e. The Kier molecular flexibility index (Phi) is 36.4. The molecule has 10 nitrogen and oxygen atoms in total. The smallest absolute Gasteiger partial charge is 0.462 e. The molecule has 0 aliphatic carbocycles. The minimum absolute atomic E-state index is 0.0292. The molecule has 0 fully saturated rings. The Morgan fingerprint density at radius 1 is 0.667 bits per heavy atom. The first-order valence-corrected chi connectivity index (χ1v) is 21.7. The number of nitrogens with two attached hydrogens (primary N) is 1. The van der Waals surface area contributed by atoms with Crippen LogP contribution in [0.15, 0.2) is 85.1 Å². The monoisotopic (exact) mass is 777 g/mol. The molecule has 0 spiro atoms. The van der Waals surface area contributed by atoms with E-state index in [1.807, 2.05) is 30.4 Å². The highest BCUT2D eigenvalue weighted by atomic mass is 31.2. The number of carbonyl (C=O) groups excluding carboxylic acids is 2. The number of hydrogen-bond donors (Lipinski definition) is 3. The maximum absolute atomic E-state index is 12.5. The molecule has 0 aliphatic heterocycles. The lowest BCUT2D eigenvalue weighted by molar-refractivity contribution is -0.161. The van der Waals surface area contributed by atoms with E-state index in [0.717, 1.165) is 70.6 Å². The zero-order valence-electron chi connectivity index (χ0n) is 33.3. The van der Waals surface area contributed by atoms with E-state index in [0.29, 0.717) is 19.3 Å². The molecule has 0 rings (SSSR count). The Balaban J connectivity index is 4.38. The standard InChI is InChI=1S/C43H72NO9P/c1-3-5-7-8-9-10-11-12-13-14-15-16-17-20-23-26-30-34-42(46)50-38-41(39-52-54(48,49)51-37-36-44)53-43(47)35-31-27-24-21-18-19-22-25-29-33-40(45)32-28-6-4-2/h6,9-10,12-13,15-16,20,22-23,25,28-29,33,40-41,45H,3-5,7-8,11,14,17-19,21,24,26-27,30-32,34-39,44H2,1-2H3,(H,48,49)/b10-9-,13-12-,16-15-,23-20-,25-22+,28-6+,33-29+/t40?,41-/m1/s1. The van der Waals surface area contributed by atoms with Gasteiger partial charge in [0.2, 0.25) is 0 Å². The van der Waals surface area contributed by atoms with Gasteiger partial charge in [-0.2, -0.15) is 0 Å². The number of aliphatic hydroxyl groups excluding tert-OH is 1. The van der Waals surface area contributed by atoms with Crippen molar-refractivity contribution in [1.82, 2.24) is 0 Å². The van der Waals surface area contributed by atoms with Crippen LogP contribution in [-0.4, -0.2) is 60.5 Å². The summed E-state index contributed by atoms with van der Waals surface area (Å²) in [5.41, 5.74) is 5.33. The van der Waals surface area contributed by atoms with Crippen molar-refractivity contribution in [3.63, 3.8) is 0 Å². The van der Waals surface area contributed by atoms with Crippen molar-refractivity contribution < 1.29 is 42.7 Å². The lowest BCUT2D eigenvalue weighted by atomic mass is 10.1. The summed E-state index contributed by atoms with van der Waals surface area (Å²) in [6, 6.07) is 0. The number of phosphoric ester groups is 1. The third-order valence-corrected chi connectivity index (χ3v) is 8.83. The van der Waals surface area contributed by atoms with Crippen LogP contribution in [-0.2, 0) is 32.7 Å². The molecule has 0 saturated heterocycles. The number of aliphatic hydroxyl groups is 1. The number of hydrogen-bond acceptors (Lipinski definition) is 9. The molecule has 4 N–H and O–H groups in total. The van der Waals surface area contributed by atoms with Crippen molar-refractivity contribution >= 4 is 19.8 Å². The summed E-state index contributed by atoms with van der Waals surface area (Å²) in [7, 11) is -4.41. The normalized spacial score (nSPS) is 14.8. The van der Waals surface area contributed by atoms with E-state index in [-0.39, 0.29) is 32.6 Å². The maximum atomic E-state index is 12.5. The van der Waals surface area contributed by atoms with Gasteiger partial charge in [0.05, 0.1) is 19.3 Å². The molecule has 3 atom stereocenters. The van der Waals surface area contributed by atoms with Gasteiger partial charge in [-0.15, -0.1) is 0 Å². The van der Waals surface area contributed by atoms with Crippen LogP contribution in [0.4, 0.5) is 0 Å². The molecule has 0 heterocycles. The molecule has 0 saturated carbocycles. The van der Waals surface area contributed by atoms with Gasteiger partial charge in [0, 0.05) is 19.4 Å². The quantitative estimate of drug-likeness (QED) is 0.0184. The summed E-state index contributed by atoms with van der Waals surface area (Å²) < 4.78 is 32.6. The molecule has 0 aliphatic rings. The molecule has 0 amide bonds. The molecule has 0 aromatic carbocycles. The molecular weight excluding hydrogens is 705 g/mol. The Bertz CT molecular complexity index is 1180. The predicted octanol–water partition coefficient (Wildman–Crippen LogP) is 10.2. The minimum Gasteiger partial charge on any atom is -0.462 e. The predicted molar refractivity (Wildman–Crippen MR) is 221 cm³/mol. The maximum Gasteiger partial charge on any atom is 0.472 e. The van der Waals surface area contributed by atoms with Crippen molar-refractivity contribution in [3.8, 4) is 0 Å². The number of carbonyl (C=O) groups is 2. The van der Waals surface area contributed by atoms with Gasteiger partial charge in [0.25, 0.3) is 0 Å². The second-order valence-corrected chi connectivity index (χ2v) is 14.4. The van der Waals surface area contributed by atoms with Crippen LogP contribution in [0.1, 0.15) is 136 Å². The molecule has 0 radical (unpaired) electrons. The second-order valence-electron chi connectivity index (χ2n) is 13.0. The summed E-state index contributed by atoms with van der Waals surface area (Å²) in [6.07, 6.45) is 43.8. The first kappa shape index (κ1) is 51.1. The first-order chi connectivity index (χ1) is 26.2. The SMILES string of the molecule is CC/C=C/CC(O)/C=C/C=C/CCCCCCCC(=O)O[C@H](COC(=O)CCC/C=C\C/C=C\C/C=C\C/C=C\CCCCC)COP(=O)(O)OCCN. The van der Waals surface area contributed by atoms with Gasteiger partial charge in [-0.05, 0) is 77.0 Å². The van der Waals surface area contributed by atoms with E-state index in [4.69, 9.17) is 24.3 Å². The lowest BCUT2D eigenvalue weighted by Gasteiger charge is -2.19. The van der Waals surface area contributed by atoms with Crippen molar-refractivity contribution in [2.45, 2.75) is 148 Å². The third kappa shape index (κ3) is 37.5. The van der Waals surface area contributed by atoms with Crippen molar-refractivity contribution in [1.29, 1.82) is 0 Å². The number of allylic oxidation sites excluding steroid dienone is 12. The van der Waals surface area contributed by atoms with Gasteiger partial charge in [-0.3, -0.25) is 18.6 Å². The first-order valence-electron chi connectivity index (χ1n) is 20.2. The van der Waals surface area contributed by atoms with Crippen molar-refractivity contribution in [2.24, 2.45) is 5.73 Å². The summed E-state index contributed by atoms with van der Waals surface area (Å²) in [5, 5.41) is 9.86. The Morgan fingerprint density at radius 3 is 1.93 bits per heavy atom. The summed E-state index contributed by atoms with van der Waals surface area (Å²) in [4.78, 5) is 34.8. The van der Waals surface area contributed by atoms with Crippen LogP contribution in [0.2, 0.25) is 0 Å². The fourth-order valence-corrected chi connectivity index (χ4v) is 5.60. The number of rotatable bonds is 36. The van der Waals surface area contributed by atoms with E-state index in [9.17, 15) is 24.2 Å². The van der Waals surface area contributed by atoms with Crippen LogP contribution in [0.5, 0.6) is 0 Å². The zero-order valence-corrected chi connectivity index (χ0v) is 34.2. The molecular formula is C43H72NO9P. The second kappa shape index (κ2) is 38.4. The highest BCUT2D eigenvalue weighted by Gasteiger charge is 2.25. The van der Waals surface area contributed by atoms with Crippen LogP contribution in [0, 0.1) is 0 Å². The molecule has 308 valence electrons. The highest BCUT2D eigenvalue weighted by Crippen LogP contribution is 2.43. The number of phosphoric acid groups is 1. The van der Waals surface area contributed by atoms with E-state index >= 15 is 0 Å². The van der Waals surface area contributed by atoms with Gasteiger partial charge in [-0.25, -0.2) is 4.57 Å². The van der Waals surface area contributed by atoms with E-state index in [1.165, 1.54) is 19.3 Å². The molecule has 0 bridgehead atoms. The van der Waals surface area contributed by atoms with E-state index < -0.39 is 38.6 Å². The average molecular weight is 778 g/mol. The fourth-order valence-electron chi connectivity index (χ4n) is 4.84. The van der Waals surface area contributed by atoms with E-state index in [1.54, 1.807) is 6.08 Å². The highest BCUT2D eigenvalue weighted by molar-refractivity contribution is 7.47. The molecule has 2 unspecified atom stereocenters. The van der Waals surface area contributed by atoms with E-state index in [2.05, 4.69) is 62.5 Å². The van der Waals surface area contributed by atoms with Gasteiger partial charge >= 0.3 is 19.8 Å². The molecule has 11 heteroatoms. The number of unbranched alkanes of at least 4 members (excludes halogenated alkanes) is 9. The number of ether oxygens (including phenoxy) is 2. The van der Waals surface area contributed by atoms with Gasteiger partial charge in [0.1, 0.15) is 6.61 Å². The minimum atomic E-state index is -4.41. The van der Waals surface area contributed by atoms with Gasteiger partial charge in [-0.1, -0.05) is 131 Å². The molecule has 0 aromatic heterocycles.